The van der Waals surface area contributed by atoms with Crippen LogP contribution in [0.3, 0.4) is 0 Å². The van der Waals surface area contributed by atoms with Gasteiger partial charge in [0.05, 0.1) is 4.90 Å². The van der Waals surface area contributed by atoms with Crippen LogP contribution in [0.5, 0.6) is 0 Å². The second-order valence-electron chi connectivity index (χ2n) is 4.56. The summed E-state index contributed by atoms with van der Waals surface area (Å²) in [6, 6.07) is 4.69. The molecule has 8 heteroatoms. The molecule has 0 aliphatic carbocycles. The maximum absolute atomic E-state index is 13.1. The second kappa shape index (κ2) is 5.92. The zero-order chi connectivity index (χ0) is 15.6. The van der Waals surface area contributed by atoms with Crippen LogP contribution in [0.1, 0.15) is 11.3 Å². The minimum Gasteiger partial charge on any atom is -0.352 e. The monoisotopic (exact) mass is 315 g/mol. The van der Waals surface area contributed by atoms with Crippen molar-refractivity contribution in [2.24, 2.45) is 12.8 Å². The molecule has 21 heavy (non-hydrogen) atoms. The average Bonchev–Trinajstić information content (AvgIpc) is 2.82. The van der Waals surface area contributed by atoms with Crippen molar-refractivity contribution in [3.63, 3.8) is 0 Å². The Morgan fingerprint density at radius 3 is 2.52 bits per heavy atom. The molecule has 3 N–H and O–H groups in total. The molecule has 0 unspecified atom stereocenters. The van der Waals surface area contributed by atoms with Crippen molar-refractivity contribution in [3.8, 4) is 0 Å². The van der Waals surface area contributed by atoms with Crippen molar-refractivity contribution in [3.05, 3.63) is 53.4 Å². The molecule has 114 valence electrons. The molecule has 1 aromatic carbocycles. The van der Waals surface area contributed by atoms with Gasteiger partial charge in [0.2, 0.25) is 10.0 Å². The predicted octanol–water partition coefficient (Wildman–Crippen LogP) is 1.24. The Balaban J connectivity index is 2.15. The highest BCUT2D eigenvalue weighted by Crippen LogP contribution is 2.14. The molecule has 0 radical (unpaired) electrons. The highest BCUT2D eigenvalue weighted by Gasteiger charge is 2.17. The smallest absolute Gasteiger partial charge is 0.242 e. The van der Waals surface area contributed by atoms with Gasteiger partial charge in [-0.25, -0.2) is 21.9 Å². The summed E-state index contributed by atoms with van der Waals surface area (Å²) in [5, 5.41) is 0. The fraction of sp³-hybridized carbons (Fsp3) is 0.231. The largest absolute Gasteiger partial charge is 0.352 e. The lowest BCUT2D eigenvalue weighted by atomic mass is 10.2. The predicted molar refractivity (Wildman–Crippen MR) is 73.7 cm³/mol. The quantitative estimate of drug-likeness (QED) is 0.871. The zero-order valence-corrected chi connectivity index (χ0v) is 12.1. The van der Waals surface area contributed by atoms with Gasteiger partial charge in [0, 0.05) is 32.0 Å². The van der Waals surface area contributed by atoms with E-state index in [0.29, 0.717) is 11.3 Å². The number of halogens is 2. The number of hydrogen-bond donors (Lipinski definition) is 2. The standard InChI is InChI=1S/C13H15F2N3O2S/c1-18-8-11(5-10(18)6-16)21(19,20)17-7-9-2-3-12(14)13(15)4-9/h2-5,8,17H,6-7,16H2,1H3. The van der Waals surface area contributed by atoms with Crippen LogP contribution < -0.4 is 10.5 Å². The number of benzene rings is 1. The summed E-state index contributed by atoms with van der Waals surface area (Å²) in [6.07, 6.45) is 1.44. The van der Waals surface area contributed by atoms with E-state index in [1.807, 2.05) is 0 Å². The highest BCUT2D eigenvalue weighted by molar-refractivity contribution is 7.89. The molecule has 0 amide bonds. The molecule has 5 nitrogen and oxygen atoms in total. The molecule has 0 fully saturated rings. The molecule has 0 bridgehead atoms. The van der Waals surface area contributed by atoms with E-state index in [-0.39, 0.29) is 18.0 Å². The Kier molecular flexibility index (Phi) is 4.40. The van der Waals surface area contributed by atoms with Crippen LogP contribution in [0.15, 0.2) is 35.4 Å². The Hall–Kier alpha value is -1.77. The second-order valence-corrected chi connectivity index (χ2v) is 6.32. The van der Waals surface area contributed by atoms with Crippen molar-refractivity contribution >= 4 is 10.0 Å². The molecule has 1 aromatic heterocycles. The summed E-state index contributed by atoms with van der Waals surface area (Å²) >= 11 is 0. The van der Waals surface area contributed by atoms with Crippen LogP contribution in [0.4, 0.5) is 8.78 Å². The van der Waals surface area contributed by atoms with Crippen molar-refractivity contribution in [1.82, 2.24) is 9.29 Å². The van der Waals surface area contributed by atoms with Gasteiger partial charge in [0.1, 0.15) is 0 Å². The van der Waals surface area contributed by atoms with Gasteiger partial charge in [-0.2, -0.15) is 0 Å². The topological polar surface area (TPSA) is 77.1 Å². The van der Waals surface area contributed by atoms with E-state index in [1.165, 1.54) is 18.3 Å². The molecular weight excluding hydrogens is 300 g/mol. The maximum atomic E-state index is 13.1. The van der Waals surface area contributed by atoms with Crippen LogP contribution in [0.2, 0.25) is 0 Å². The molecule has 0 aliphatic rings. The van der Waals surface area contributed by atoms with Crippen molar-refractivity contribution in [1.29, 1.82) is 0 Å². The molecule has 2 aromatic rings. The Morgan fingerprint density at radius 2 is 1.95 bits per heavy atom. The zero-order valence-electron chi connectivity index (χ0n) is 11.3. The molecular formula is C13H15F2N3O2S. The molecule has 0 atom stereocenters. The maximum Gasteiger partial charge on any atom is 0.242 e. The molecule has 0 saturated heterocycles. The van der Waals surface area contributed by atoms with Gasteiger partial charge in [0.15, 0.2) is 11.6 Å². The summed E-state index contributed by atoms with van der Waals surface area (Å²) in [5.74, 6) is -1.99. The summed E-state index contributed by atoms with van der Waals surface area (Å²) in [4.78, 5) is 0.0769. The van der Waals surface area contributed by atoms with Gasteiger partial charge >= 0.3 is 0 Å². The lowest BCUT2D eigenvalue weighted by molar-refractivity contribution is 0.506. The van der Waals surface area contributed by atoms with Crippen molar-refractivity contribution in [2.45, 2.75) is 18.0 Å². The van der Waals surface area contributed by atoms with Gasteiger partial charge in [-0.3, -0.25) is 0 Å². The highest BCUT2D eigenvalue weighted by atomic mass is 32.2. The van der Waals surface area contributed by atoms with E-state index >= 15 is 0 Å². The number of sulfonamides is 1. The van der Waals surface area contributed by atoms with Gasteiger partial charge in [-0.1, -0.05) is 6.07 Å². The van der Waals surface area contributed by atoms with Gasteiger partial charge in [-0.05, 0) is 23.8 Å². The van der Waals surface area contributed by atoms with E-state index in [2.05, 4.69) is 4.72 Å². The number of rotatable bonds is 5. The fourth-order valence-electron chi connectivity index (χ4n) is 1.84. The summed E-state index contributed by atoms with van der Waals surface area (Å²) in [6.45, 7) is 0.0849. The van der Waals surface area contributed by atoms with E-state index < -0.39 is 21.7 Å². The molecule has 1 heterocycles. The van der Waals surface area contributed by atoms with Crippen molar-refractivity contribution in [2.75, 3.05) is 0 Å². The normalized spacial score (nSPS) is 11.8. The molecule has 0 spiro atoms. The summed E-state index contributed by atoms with van der Waals surface area (Å²) < 4.78 is 54.0. The van der Waals surface area contributed by atoms with Crippen LogP contribution >= 0.6 is 0 Å². The number of hydrogen-bond acceptors (Lipinski definition) is 3. The Bertz CT molecular complexity index is 757. The lowest BCUT2D eigenvalue weighted by Gasteiger charge is -2.05. The lowest BCUT2D eigenvalue weighted by Crippen LogP contribution is -2.23. The SMILES string of the molecule is Cn1cc(S(=O)(=O)NCc2ccc(F)c(F)c2)cc1CN. The Morgan fingerprint density at radius 1 is 1.24 bits per heavy atom. The van der Waals surface area contributed by atoms with Crippen LogP contribution in [0, 0.1) is 11.6 Å². The number of nitrogens with two attached hydrogens (primary N) is 1. The minimum absolute atomic E-state index is 0.0769. The van der Waals surface area contributed by atoms with Crippen LogP contribution in [-0.4, -0.2) is 13.0 Å². The fourth-order valence-corrected chi connectivity index (χ4v) is 2.95. The Labute approximate surface area is 121 Å². The first kappa shape index (κ1) is 15.6. The van der Waals surface area contributed by atoms with E-state index in [4.69, 9.17) is 5.73 Å². The first-order valence-corrected chi connectivity index (χ1v) is 7.60. The van der Waals surface area contributed by atoms with Gasteiger partial charge < -0.3 is 10.3 Å². The van der Waals surface area contributed by atoms with E-state index in [1.54, 1.807) is 11.6 Å². The van der Waals surface area contributed by atoms with Gasteiger partial charge in [0.25, 0.3) is 0 Å². The van der Waals surface area contributed by atoms with Gasteiger partial charge in [-0.15, -0.1) is 0 Å². The number of aryl methyl sites for hydroxylation is 1. The van der Waals surface area contributed by atoms with E-state index in [0.717, 1.165) is 12.1 Å². The molecule has 0 saturated carbocycles. The minimum atomic E-state index is -3.74. The summed E-state index contributed by atoms with van der Waals surface area (Å²) in [5.41, 5.74) is 6.49. The van der Waals surface area contributed by atoms with E-state index in [9.17, 15) is 17.2 Å². The van der Waals surface area contributed by atoms with Crippen LogP contribution in [-0.2, 0) is 30.2 Å². The van der Waals surface area contributed by atoms with Crippen LogP contribution in [0.25, 0.3) is 0 Å². The first-order chi connectivity index (χ1) is 9.83. The number of nitrogens with one attached hydrogen (secondary N) is 1. The first-order valence-electron chi connectivity index (χ1n) is 6.12. The van der Waals surface area contributed by atoms with Crippen molar-refractivity contribution < 1.29 is 17.2 Å². The third-order valence-electron chi connectivity index (χ3n) is 3.05. The molecule has 2 rings (SSSR count). The average molecular weight is 315 g/mol. The third kappa shape index (κ3) is 3.46. The molecule has 0 aliphatic heterocycles. The third-order valence-corrected chi connectivity index (χ3v) is 4.42. The number of aromatic nitrogens is 1. The number of nitrogens with zero attached hydrogens (tertiary/aromatic N) is 1. The summed E-state index contributed by atoms with van der Waals surface area (Å²) in [7, 11) is -2.04.